The fourth-order valence-electron chi connectivity index (χ4n) is 3.00. The summed E-state index contributed by atoms with van der Waals surface area (Å²) in [4.78, 5) is 2.76. The Labute approximate surface area is 96.2 Å². The van der Waals surface area contributed by atoms with Gasteiger partial charge in [0, 0.05) is 6.04 Å². The minimum absolute atomic E-state index is 0.970. The highest BCUT2D eigenvalue weighted by molar-refractivity contribution is 4.81. The van der Waals surface area contributed by atoms with Crippen molar-refractivity contribution in [2.75, 3.05) is 13.1 Å². The first-order valence-electron chi connectivity index (χ1n) is 7.14. The number of hydrogen-bond acceptors (Lipinski definition) is 1. The van der Waals surface area contributed by atoms with Gasteiger partial charge in [-0.3, -0.25) is 0 Å². The Kier molecular flexibility index (Phi) is 6.31. The van der Waals surface area contributed by atoms with Crippen molar-refractivity contribution in [3.8, 4) is 0 Å². The second-order valence-electron chi connectivity index (χ2n) is 4.83. The SMILES string of the molecule is CC.CCC1CCN(C2CCCC2)CC1. The summed E-state index contributed by atoms with van der Waals surface area (Å²) >= 11 is 0. The van der Waals surface area contributed by atoms with Crippen LogP contribution in [0, 0.1) is 5.92 Å². The molecule has 1 saturated carbocycles. The average Bonchev–Trinajstić information content (AvgIpc) is 2.85. The summed E-state index contributed by atoms with van der Waals surface area (Å²) in [5, 5.41) is 0. The van der Waals surface area contributed by atoms with E-state index in [2.05, 4.69) is 11.8 Å². The molecule has 0 aromatic rings. The third-order valence-electron chi connectivity index (χ3n) is 4.07. The highest BCUT2D eigenvalue weighted by Crippen LogP contribution is 2.28. The van der Waals surface area contributed by atoms with Gasteiger partial charge in [-0.1, -0.05) is 40.0 Å². The van der Waals surface area contributed by atoms with E-state index in [1.165, 1.54) is 58.0 Å². The van der Waals surface area contributed by atoms with E-state index in [1.807, 2.05) is 13.8 Å². The van der Waals surface area contributed by atoms with Gasteiger partial charge in [-0.2, -0.15) is 0 Å². The molecule has 0 radical (unpaired) electrons. The molecular formula is C14H29N. The van der Waals surface area contributed by atoms with Crippen LogP contribution >= 0.6 is 0 Å². The smallest absolute Gasteiger partial charge is 0.00952 e. The molecule has 0 atom stereocenters. The summed E-state index contributed by atoms with van der Waals surface area (Å²) in [6.07, 6.45) is 10.3. The third-order valence-corrected chi connectivity index (χ3v) is 4.07. The number of hydrogen-bond donors (Lipinski definition) is 0. The Morgan fingerprint density at radius 2 is 1.47 bits per heavy atom. The molecule has 2 fully saturated rings. The van der Waals surface area contributed by atoms with Crippen LogP contribution < -0.4 is 0 Å². The quantitative estimate of drug-likeness (QED) is 0.665. The lowest BCUT2D eigenvalue weighted by Crippen LogP contribution is -2.39. The van der Waals surface area contributed by atoms with Gasteiger partial charge < -0.3 is 4.90 Å². The van der Waals surface area contributed by atoms with Gasteiger partial charge >= 0.3 is 0 Å². The molecule has 1 nitrogen and oxygen atoms in total. The molecule has 0 bridgehead atoms. The molecule has 1 saturated heterocycles. The number of rotatable bonds is 2. The Bertz CT molecular complexity index is 141. The predicted molar refractivity (Wildman–Crippen MR) is 68.2 cm³/mol. The normalized spacial score (nSPS) is 25.0. The molecule has 0 aromatic carbocycles. The summed E-state index contributed by atoms with van der Waals surface area (Å²) < 4.78 is 0. The largest absolute Gasteiger partial charge is 0.300 e. The molecule has 0 N–H and O–H groups in total. The zero-order valence-corrected chi connectivity index (χ0v) is 11.0. The first-order valence-corrected chi connectivity index (χ1v) is 7.14. The molecule has 90 valence electrons. The summed E-state index contributed by atoms with van der Waals surface area (Å²) in [7, 11) is 0. The van der Waals surface area contributed by atoms with Gasteiger partial charge in [0.15, 0.2) is 0 Å². The van der Waals surface area contributed by atoms with Crippen LogP contribution in [0.15, 0.2) is 0 Å². The van der Waals surface area contributed by atoms with Crippen molar-refractivity contribution in [2.45, 2.75) is 71.8 Å². The minimum atomic E-state index is 0.970. The van der Waals surface area contributed by atoms with E-state index in [4.69, 9.17) is 0 Å². The van der Waals surface area contributed by atoms with Crippen molar-refractivity contribution in [3.63, 3.8) is 0 Å². The maximum atomic E-state index is 2.76. The van der Waals surface area contributed by atoms with E-state index in [0.717, 1.165) is 12.0 Å². The van der Waals surface area contributed by atoms with Crippen LogP contribution in [0.25, 0.3) is 0 Å². The Balaban J connectivity index is 0.000000531. The van der Waals surface area contributed by atoms with Crippen molar-refractivity contribution in [3.05, 3.63) is 0 Å². The van der Waals surface area contributed by atoms with Crippen LogP contribution in [0.2, 0.25) is 0 Å². The molecule has 1 heterocycles. The van der Waals surface area contributed by atoms with Gasteiger partial charge in [-0.25, -0.2) is 0 Å². The molecule has 0 unspecified atom stereocenters. The summed E-state index contributed by atoms with van der Waals surface area (Å²) in [5.74, 6) is 1.04. The molecule has 1 heteroatoms. The highest BCUT2D eigenvalue weighted by atomic mass is 15.2. The van der Waals surface area contributed by atoms with Crippen molar-refractivity contribution in [1.29, 1.82) is 0 Å². The Morgan fingerprint density at radius 1 is 0.933 bits per heavy atom. The molecule has 2 aliphatic rings. The predicted octanol–water partition coefficient (Wildman–Crippen LogP) is 4.08. The second kappa shape index (κ2) is 7.27. The van der Waals surface area contributed by atoms with Crippen LogP contribution in [0.4, 0.5) is 0 Å². The maximum absolute atomic E-state index is 2.76. The molecule has 0 spiro atoms. The van der Waals surface area contributed by atoms with Gasteiger partial charge in [0.2, 0.25) is 0 Å². The third kappa shape index (κ3) is 3.79. The number of piperidine rings is 1. The zero-order valence-electron chi connectivity index (χ0n) is 11.0. The number of likely N-dealkylation sites (tertiary alicyclic amines) is 1. The Morgan fingerprint density at radius 3 is 1.93 bits per heavy atom. The van der Waals surface area contributed by atoms with Crippen molar-refractivity contribution < 1.29 is 0 Å². The first kappa shape index (κ1) is 13.0. The summed E-state index contributed by atoms with van der Waals surface area (Å²) in [5.41, 5.74) is 0. The van der Waals surface area contributed by atoms with E-state index in [-0.39, 0.29) is 0 Å². The molecule has 2 rings (SSSR count). The fraction of sp³-hybridized carbons (Fsp3) is 1.00. The molecule has 0 amide bonds. The van der Waals surface area contributed by atoms with E-state index in [0.29, 0.717) is 0 Å². The van der Waals surface area contributed by atoms with Crippen LogP contribution in [0.3, 0.4) is 0 Å². The molecular weight excluding hydrogens is 182 g/mol. The van der Waals surface area contributed by atoms with Crippen LogP contribution in [-0.2, 0) is 0 Å². The van der Waals surface area contributed by atoms with Gasteiger partial charge in [0.05, 0.1) is 0 Å². The zero-order chi connectivity index (χ0) is 11.1. The van der Waals surface area contributed by atoms with E-state index >= 15 is 0 Å². The molecule has 1 aliphatic carbocycles. The Hall–Kier alpha value is -0.0400. The van der Waals surface area contributed by atoms with Crippen LogP contribution in [0.5, 0.6) is 0 Å². The monoisotopic (exact) mass is 211 g/mol. The number of nitrogens with zero attached hydrogens (tertiary/aromatic N) is 1. The van der Waals surface area contributed by atoms with E-state index in [1.54, 1.807) is 0 Å². The van der Waals surface area contributed by atoms with Crippen LogP contribution in [0.1, 0.15) is 65.7 Å². The lowest BCUT2D eigenvalue weighted by atomic mass is 9.93. The lowest BCUT2D eigenvalue weighted by molar-refractivity contribution is 0.133. The average molecular weight is 211 g/mol. The summed E-state index contributed by atoms with van der Waals surface area (Å²) in [6, 6.07) is 0.970. The standard InChI is InChI=1S/C12H23N.C2H6/c1-2-11-7-9-13(10-8-11)12-5-3-4-6-12;1-2/h11-12H,2-10H2,1H3;1-2H3. The highest BCUT2D eigenvalue weighted by Gasteiger charge is 2.26. The molecule has 15 heavy (non-hydrogen) atoms. The van der Waals surface area contributed by atoms with Crippen molar-refractivity contribution in [2.24, 2.45) is 5.92 Å². The van der Waals surface area contributed by atoms with E-state index < -0.39 is 0 Å². The topological polar surface area (TPSA) is 3.24 Å². The molecule has 1 aliphatic heterocycles. The van der Waals surface area contributed by atoms with Gasteiger partial charge in [0.1, 0.15) is 0 Å². The first-order chi connectivity index (χ1) is 7.40. The van der Waals surface area contributed by atoms with Gasteiger partial charge in [-0.05, 0) is 44.7 Å². The van der Waals surface area contributed by atoms with Crippen LogP contribution in [-0.4, -0.2) is 24.0 Å². The minimum Gasteiger partial charge on any atom is -0.300 e. The lowest BCUT2D eigenvalue weighted by Gasteiger charge is -2.35. The summed E-state index contributed by atoms with van der Waals surface area (Å²) in [6.45, 7) is 9.13. The maximum Gasteiger partial charge on any atom is 0.00952 e. The fourth-order valence-corrected chi connectivity index (χ4v) is 3.00. The second-order valence-corrected chi connectivity index (χ2v) is 4.83. The molecule has 0 aromatic heterocycles. The van der Waals surface area contributed by atoms with Crippen molar-refractivity contribution >= 4 is 0 Å². The van der Waals surface area contributed by atoms with Gasteiger partial charge in [0.25, 0.3) is 0 Å². The van der Waals surface area contributed by atoms with Gasteiger partial charge in [-0.15, -0.1) is 0 Å². The van der Waals surface area contributed by atoms with Crippen molar-refractivity contribution in [1.82, 2.24) is 4.90 Å². The van der Waals surface area contributed by atoms with E-state index in [9.17, 15) is 0 Å².